The van der Waals surface area contributed by atoms with E-state index in [4.69, 9.17) is 4.42 Å². The SMILES string of the molecule is CCCC1(C(=O)O)CCCN1C(=O)c1c(C)oc(C)c1C. The molecular weight excluding hydrogens is 270 g/mol. The molecule has 0 spiro atoms. The monoisotopic (exact) mass is 293 g/mol. The van der Waals surface area contributed by atoms with Crippen molar-refractivity contribution < 1.29 is 19.1 Å². The maximum absolute atomic E-state index is 12.9. The number of likely N-dealkylation sites (tertiary alicyclic amines) is 1. The molecule has 1 aromatic heterocycles. The van der Waals surface area contributed by atoms with Crippen LogP contribution in [-0.2, 0) is 4.79 Å². The van der Waals surface area contributed by atoms with E-state index in [0.29, 0.717) is 36.5 Å². The fourth-order valence-corrected chi connectivity index (χ4v) is 3.42. The molecule has 1 N–H and O–H groups in total. The van der Waals surface area contributed by atoms with Crippen molar-refractivity contribution in [2.24, 2.45) is 0 Å². The molecule has 1 aliphatic heterocycles. The molecule has 0 saturated carbocycles. The zero-order chi connectivity index (χ0) is 15.8. The van der Waals surface area contributed by atoms with Gasteiger partial charge in [0.15, 0.2) is 0 Å². The van der Waals surface area contributed by atoms with Gasteiger partial charge >= 0.3 is 5.97 Å². The second-order valence-corrected chi connectivity index (χ2v) is 5.86. The first-order valence-electron chi connectivity index (χ1n) is 7.47. The van der Waals surface area contributed by atoms with E-state index in [-0.39, 0.29) is 5.91 Å². The van der Waals surface area contributed by atoms with Gasteiger partial charge in [0, 0.05) is 12.1 Å². The number of carboxylic acids is 1. The number of nitrogens with zero attached hydrogens (tertiary/aromatic N) is 1. The Labute approximate surface area is 124 Å². The van der Waals surface area contributed by atoms with Crippen LogP contribution in [0.15, 0.2) is 4.42 Å². The number of hydrogen-bond donors (Lipinski definition) is 1. The van der Waals surface area contributed by atoms with Crippen molar-refractivity contribution in [1.82, 2.24) is 4.90 Å². The van der Waals surface area contributed by atoms with Crippen LogP contribution in [0.25, 0.3) is 0 Å². The van der Waals surface area contributed by atoms with Crippen molar-refractivity contribution in [3.05, 3.63) is 22.6 Å². The molecule has 1 aromatic rings. The molecule has 2 rings (SSSR count). The van der Waals surface area contributed by atoms with E-state index in [2.05, 4.69) is 0 Å². The molecule has 1 saturated heterocycles. The summed E-state index contributed by atoms with van der Waals surface area (Å²) in [5, 5.41) is 9.69. The van der Waals surface area contributed by atoms with E-state index in [0.717, 1.165) is 18.4 Å². The number of rotatable bonds is 4. The van der Waals surface area contributed by atoms with Crippen molar-refractivity contribution in [3.8, 4) is 0 Å². The van der Waals surface area contributed by atoms with Gasteiger partial charge in [-0.1, -0.05) is 13.3 Å². The maximum atomic E-state index is 12.9. The van der Waals surface area contributed by atoms with Crippen molar-refractivity contribution in [1.29, 1.82) is 0 Å². The van der Waals surface area contributed by atoms with Crippen molar-refractivity contribution in [3.63, 3.8) is 0 Å². The zero-order valence-electron chi connectivity index (χ0n) is 13.2. The fraction of sp³-hybridized carbons (Fsp3) is 0.625. The third kappa shape index (κ3) is 2.34. The highest BCUT2D eigenvalue weighted by Gasteiger charge is 2.49. The molecule has 1 fully saturated rings. The number of aliphatic carboxylic acids is 1. The Morgan fingerprint density at radius 1 is 1.29 bits per heavy atom. The highest BCUT2D eigenvalue weighted by molar-refractivity contribution is 6.00. The molecule has 1 aliphatic rings. The summed E-state index contributed by atoms with van der Waals surface area (Å²) in [5.74, 6) is 0.171. The third-order valence-corrected chi connectivity index (χ3v) is 4.57. The summed E-state index contributed by atoms with van der Waals surface area (Å²) < 4.78 is 5.52. The average Bonchev–Trinajstić information content (AvgIpc) is 2.93. The second kappa shape index (κ2) is 5.54. The van der Waals surface area contributed by atoms with Crippen molar-refractivity contribution >= 4 is 11.9 Å². The Balaban J connectivity index is 2.44. The van der Waals surface area contributed by atoms with E-state index in [9.17, 15) is 14.7 Å². The van der Waals surface area contributed by atoms with E-state index in [1.165, 1.54) is 0 Å². The normalized spacial score (nSPS) is 21.8. The van der Waals surface area contributed by atoms with Crippen LogP contribution in [-0.4, -0.2) is 34.0 Å². The fourth-order valence-electron chi connectivity index (χ4n) is 3.42. The minimum absolute atomic E-state index is 0.213. The van der Waals surface area contributed by atoms with Gasteiger partial charge in [0.2, 0.25) is 0 Å². The Morgan fingerprint density at radius 2 is 1.95 bits per heavy atom. The van der Waals surface area contributed by atoms with Crippen LogP contribution in [0.1, 0.15) is 60.0 Å². The lowest BCUT2D eigenvalue weighted by molar-refractivity contribution is -0.148. The first-order valence-corrected chi connectivity index (χ1v) is 7.47. The Bertz CT molecular complexity index is 575. The molecule has 0 bridgehead atoms. The Morgan fingerprint density at radius 3 is 2.43 bits per heavy atom. The predicted octanol–water partition coefficient (Wildman–Crippen LogP) is 3.06. The largest absolute Gasteiger partial charge is 0.479 e. The van der Waals surface area contributed by atoms with E-state index >= 15 is 0 Å². The molecule has 21 heavy (non-hydrogen) atoms. The molecule has 1 amide bonds. The minimum Gasteiger partial charge on any atom is -0.479 e. The van der Waals surface area contributed by atoms with Crippen LogP contribution in [0.5, 0.6) is 0 Å². The first kappa shape index (κ1) is 15.6. The molecule has 0 aromatic carbocycles. The molecule has 116 valence electrons. The summed E-state index contributed by atoms with van der Waals surface area (Å²) >= 11 is 0. The standard InChI is InChI=1S/C16H23NO4/c1-5-7-16(15(19)20)8-6-9-17(16)14(18)13-10(2)11(3)21-12(13)4/h5-9H2,1-4H3,(H,19,20). The quantitative estimate of drug-likeness (QED) is 0.926. The number of hydrogen-bond acceptors (Lipinski definition) is 3. The van der Waals surface area contributed by atoms with Crippen LogP contribution < -0.4 is 0 Å². The predicted molar refractivity (Wildman–Crippen MR) is 78.5 cm³/mol. The molecule has 1 unspecified atom stereocenters. The highest BCUT2D eigenvalue weighted by atomic mass is 16.4. The van der Waals surface area contributed by atoms with Gasteiger partial charge in [0.25, 0.3) is 5.91 Å². The topological polar surface area (TPSA) is 70.8 Å². The average molecular weight is 293 g/mol. The molecule has 1 atom stereocenters. The Kier molecular flexibility index (Phi) is 4.12. The molecule has 5 nitrogen and oxygen atoms in total. The summed E-state index contributed by atoms with van der Waals surface area (Å²) in [5.41, 5.74) is 0.270. The molecular formula is C16H23NO4. The number of furan rings is 1. The summed E-state index contributed by atoms with van der Waals surface area (Å²) in [4.78, 5) is 26.3. The summed E-state index contributed by atoms with van der Waals surface area (Å²) in [7, 11) is 0. The van der Waals surface area contributed by atoms with Crippen LogP contribution in [0.4, 0.5) is 0 Å². The van der Waals surface area contributed by atoms with Crippen molar-refractivity contribution in [2.45, 2.75) is 58.9 Å². The smallest absolute Gasteiger partial charge is 0.329 e. The lowest BCUT2D eigenvalue weighted by Gasteiger charge is -2.34. The lowest BCUT2D eigenvalue weighted by Crippen LogP contribution is -2.53. The molecule has 5 heteroatoms. The number of carbonyl (C=O) groups is 2. The maximum Gasteiger partial charge on any atom is 0.329 e. The van der Waals surface area contributed by atoms with Gasteiger partial charge in [0.1, 0.15) is 17.1 Å². The van der Waals surface area contributed by atoms with Gasteiger partial charge in [-0.2, -0.15) is 0 Å². The number of amides is 1. The van der Waals surface area contributed by atoms with E-state index in [1.807, 2.05) is 20.8 Å². The molecule has 0 radical (unpaired) electrons. The number of carbonyl (C=O) groups excluding carboxylic acids is 1. The van der Waals surface area contributed by atoms with Gasteiger partial charge in [-0.25, -0.2) is 4.79 Å². The van der Waals surface area contributed by atoms with Crippen molar-refractivity contribution in [2.75, 3.05) is 6.54 Å². The van der Waals surface area contributed by atoms with Gasteiger partial charge in [0.05, 0.1) is 5.56 Å². The summed E-state index contributed by atoms with van der Waals surface area (Å²) in [6.07, 6.45) is 2.48. The van der Waals surface area contributed by atoms with Gasteiger partial charge in [-0.15, -0.1) is 0 Å². The van der Waals surface area contributed by atoms with Crippen LogP contribution in [0.3, 0.4) is 0 Å². The first-order chi connectivity index (χ1) is 9.85. The second-order valence-electron chi connectivity index (χ2n) is 5.86. The van der Waals surface area contributed by atoms with Gasteiger partial charge in [-0.05, 0) is 40.0 Å². The summed E-state index contributed by atoms with van der Waals surface area (Å²) in [6, 6.07) is 0. The molecule has 0 aliphatic carbocycles. The Hall–Kier alpha value is -1.78. The zero-order valence-corrected chi connectivity index (χ0v) is 13.2. The number of aryl methyl sites for hydroxylation is 2. The minimum atomic E-state index is -1.06. The van der Waals surface area contributed by atoms with E-state index < -0.39 is 11.5 Å². The van der Waals surface area contributed by atoms with Crippen LogP contribution in [0.2, 0.25) is 0 Å². The van der Waals surface area contributed by atoms with Crippen LogP contribution in [0, 0.1) is 20.8 Å². The highest BCUT2D eigenvalue weighted by Crippen LogP contribution is 2.36. The van der Waals surface area contributed by atoms with Gasteiger partial charge < -0.3 is 14.4 Å². The van der Waals surface area contributed by atoms with Gasteiger partial charge in [-0.3, -0.25) is 4.79 Å². The number of carboxylic acid groups (broad SMARTS) is 1. The third-order valence-electron chi connectivity index (χ3n) is 4.57. The lowest BCUT2D eigenvalue weighted by atomic mass is 9.90. The van der Waals surface area contributed by atoms with E-state index in [1.54, 1.807) is 11.8 Å². The van der Waals surface area contributed by atoms with Crippen LogP contribution >= 0.6 is 0 Å². The molecule has 2 heterocycles. The summed E-state index contributed by atoms with van der Waals surface area (Å²) in [6.45, 7) is 7.86.